The van der Waals surface area contributed by atoms with Crippen molar-refractivity contribution in [1.29, 1.82) is 0 Å². The summed E-state index contributed by atoms with van der Waals surface area (Å²) in [4.78, 5) is 24.9. The largest absolute Gasteiger partial charge is 0.497 e. The van der Waals surface area contributed by atoms with Gasteiger partial charge in [-0.25, -0.2) is 4.79 Å². The number of hydrogen-bond acceptors (Lipinski definition) is 5. The van der Waals surface area contributed by atoms with Gasteiger partial charge in [-0.15, -0.1) is 0 Å². The number of carbonyl (C=O) groups excluding carboxylic acids is 2. The molecule has 0 aliphatic carbocycles. The summed E-state index contributed by atoms with van der Waals surface area (Å²) >= 11 is 5.07. The average molecular weight is 352 g/mol. The summed E-state index contributed by atoms with van der Waals surface area (Å²) in [6, 6.07) is 6.39. The highest BCUT2D eigenvalue weighted by Crippen LogP contribution is 2.30. The molecule has 2 rings (SSSR count). The second-order valence-electron chi connectivity index (χ2n) is 5.29. The minimum atomic E-state index is -1.21. The molecule has 1 atom stereocenters. The Morgan fingerprint density at radius 3 is 2.79 bits per heavy atom. The summed E-state index contributed by atoms with van der Waals surface area (Å²) < 4.78 is 10.1. The van der Waals surface area contributed by atoms with Crippen molar-refractivity contribution in [3.05, 3.63) is 29.8 Å². The molecule has 1 aromatic rings. The summed E-state index contributed by atoms with van der Waals surface area (Å²) in [7, 11) is 3.10. The number of ether oxygens (including phenoxy) is 2. The number of amides is 3. The fourth-order valence-electron chi connectivity index (χ4n) is 2.28. The molecule has 24 heavy (non-hydrogen) atoms. The van der Waals surface area contributed by atoms with Gasteiger partial charge in [-0.1, -0.05) is 12.1 Å². The molecule has 0 radical (unpaired) electrons. The molecule has 1 aliphatic rings. The van der Waals surface area contributed by atoms with Crippen LogP contribution in [-0.2, 0) is 15.1 Å². The van der Waals surface area contributed by atoms with Gasteiger partial charge in [0, 0.05) is 13.7 Å². The summed E-state index contributed by atoms with van der Waals surface area (Å²) in [5.41, 5.74) is 2.00. The van der Waals surface area contributed by atoms with Gasteiger partial charge in [0.05, 0.1) is 13.7 Å². The number of rotatable bonds is 6. The molecule has 1 heterocycles. The van der Waals surface area contributed by atoms with Crippen molar-refractivity contribution in [3.63, 3.8) is 0 Å². The fraction of sp³-hybridized carbons (Fsp3) is 0.400. The van der Waals surface area contributed by atoms with Gasteiger partial charge in [0.15, 0.2) is 5.11 Å². The maximum Gasteiger partial charge on any atom is 0.344 e. The van der Waals surface area contributed by atoms with Gasteiger partial charge in [-0.3, -0.25) is 10.2 Å². The van der Waals surface area contributed by atoms with Crippen molar-refractivity contribution in [3.8, 4) is 5.75 Å². The number of hydrazine groups is 1. The average Bonchev–Trinajstić information content (AvgIpc) is 2.79. The van der Waals surface area contributed by atoms with Crippen LogP contribution in [0.1, 0.15) is 12.5 Å². The molecular formula is C15H20N4O4S. The maximum absolute atomic E-state index is 12.7. The van der Waals surface area contributed by atoms with Gasteiger partial charge in [0.25, 0.3) is 5.91 Å². The molecule has 3 amide bonds. The number of carbonyl (C=O) groups is 2. The van der Waals surface area contributed by atoms with Crippen molar-refractivity contribution >= 4 is 29.3 Å². The first-order valence-corrected chi connectivity index (χ1v) is 7.68. The zero-order chi connectivity index (χ0) is 17.7. The minimum absolute atomic E-state index is 0.158. The third kappa shape index (κ3) is 3.57. The Morgan fingerprint density at radius 2 is 2.12 bits per heavy atom. The van der Waals surface area contributed by atoms with Gasteiger partial charge in [0.1, 0.15) is 11.3 Å². The van der Waals surface area contributed by atoms with Gasteiger partial charge in [0.2, 0.25) is 0 Å². The highest BCUT2D eigenvalue weighted by Gasteiger charge is 2.49. The van der Waals surface area contributed by atoms with Crippen LogP contribution in [0.4, 0.5) is 4.79 Å². The van der Waals surface area contributed by atoms with E-state index in [0.29, 0.717) is 24.5 Å². The minimum Gasteiger partial charge on any atom is -0.497 e. The second-order valence-corrected chi connectivity index (χ2v) is 5.70. The number of thiocarbonyl (C=S) groups is 1. The van der Waals surface area contributed by atoms with E-state index in [2.05, 4.69) is 16.1 Å². The predicted octanol–water partition coefficient (Wildman–Crippen LogP) is 0.488. The number of urea groups is 1. The fourth-order valence-corrected chi connectivity index (χ4v) is 2.47. The lowest BCUT2D eigenvalue weighted by Gasteiger charge is -2.23. The number of nitrogens with zero attached hydrogens (tertiary/aromatic N) is 1. The third-order valence-electron chi connectivity index (χ3n) is 3.64. The molecular weight excluding hydrogens is 332 g/mol. The zero-order valence-electron chi connectivity index (χ0n) is 13.7. The first-order valence-electron chi connectivity index (χ1n) is 7.27. The summed E-state index contributed by atoms with van der Waals surface area (Å²) in [5.74, 6) is 0.135. The molecule has 1 aliphatic heterocycles. The van der Waals surface area contributed by atoms with E-state index < -0.39 is 17.5 Å². The lowest BCUT2D eigenvalue weighted by Crippen LogP contribution is -2.51. The predicted molar refractivity (Wildman–Crippen MR) is 91.3 cm³/mol. The van der Waals surface area contributed by atoms with Crippen LogP contribution in [0.25, 0.3) is 0 Å². The Morgan fingerprint density at radius 1 is 1.38 bits per heavy atom. The quantitative estimate of drug-likeness (QED) is 0.390. The molecule has 9 heteroatoms. The normalized spacial score (nSPS) is 19.9. The molecule has 8 nitrogen and oxygen atoms in total. The van der Waals surface area contributed by atoms with Gasteiger partial charge < -0.3 is 20.1 Å². The van der Waals surface area contributed by atoms with Crippen molar-refractivity contribution < 1.29 is 19.1 Å². The van der Waals surface area contributed by atoms with Crippen LogP contribution in [0.15, 0.2) is 24.3 Å². The SMILES string of the molecule is COCCNC(=S)NN1C(=O)N[C@@](C)(c2cccc(OC)c2)C1=O. The summed E-state index contributed by atoms with van der Waals surface area (Å²) in [5, 5.41) is 6.54. The monoisotopic (exact) mass is 352 g/mol. The topological polar surface area (TPSA) is 91.9 Å². The molecule has 3 N–H and O–H groups in total. The molecule has 0 aromatic heterocycles. The molecule has 0 saturated carbocycles. The van der Waals surface area contributed by atoms with E-state index in [0.717, 1.165) is 5.01 Å². The molecule has 130 valence electrons. The Kier molecular flexibility index (Phi) is 5.58. The van der Waals surface area contributed by atoms with E-state index in [1.807, 2.05) is 0 Å². The Bertz CT molecular complexity index is 654. The van der Waals surface area contributed by atoms with Crippen LogP contribution in [0.5, 0.6) is 5.75 Å². The van der Waals surface area contributed by atoms with Crippen molar-refractivity contribution in [2.24, 2.45) is 0 Å². The van der Waals surface area contributed by atoms with Crippen LogP contribution in [0, 0.1) is 0 Å². The number of nitrogens with one attached hydrogen (secondary N) is 3. The number of benzene rings is 1. The highest BCUT2D eigenvalue weighted by molar-refractivity contribution is 7.80. The highest BCUT2D eigenvalue weighted by atomic mass is 32.1. The lowest BCUT2D eigenvalue weighted by molar-refractivity contribution is -0.132. The molecule has 0 bridgehead atoms. The van der Waals surface area contributed by atoms with Crippen molar-refractivity contribution in [2.75, 3.05) is 27.4 Å². The van der Waals surface area contributed by atoms with E-state index in [1.165, 1.54) is 7.11 Å². The van der Waals surface area contributed by atoms with E-state index in [4.69, 9.17) is 21.7 Å². The zero-order valence-corrected chi connectivity index (χ0v) is 14.5. The first kappa shape index (κ1) is 18.0. The van der Waals surface area contributed by atoms with Gasteiger partial charge in [-0.2, -0.15) is 5.01 Å². The van der Waals surface area contributed by atoms with Crippen LogP contribution in [0.2, 0.25) is 0 Å². The van der Waals surface area contributed by atoms with Crippen LogP contribution >= 0.6 is 12.2 Å². The Balaban J connectivity index is 2.13. The first-order chi connectivity index (χ1) is 11.4. The number of methoxy groups -OCH3 is 2. The second kappa shape index (κ2) is 7.45. The standard InChI is InChI=1S/C15H20N4O4S/c1-15(10-5-4-6-11(9-10)23-3)12(20)19(14(21)17-15)18-13(24)16-7-8-22-2/h4-6,9H,7-8H2,1-3H3,(H,17,21)(H2,16,18,24)/t15-/m0/s1. The van der Waals surface area contributed by atoms with Crippen LogP contribution < -0.4 is 20.8 Å². The van der Waals surface area contributed by atoms with E-state index in [1.54, 1.807) is 38.3 Å². The molecule has 1 aromatic carbocycles. The summed E-state index contributed by atoms with van der Waals surface area (Å²) in [6.07, 6.45) is 0. The molecule has 1 fully saturated rings. The smallest absolute Gasteiger partial charge is 0.344 e. The van der Waals surface area contributed by atoms with E-state index in [-0.39, 0.29) is 5.11 Å². The maximum atomic E-state index is 12.7. The molecule has 1 saturated heterocycles. The van der Waals surface area contributed by atoms with Gasteiger partial charge in [-0.05, 0) is 36.8 Å². The lowest BCUT2D eigenvalue weighted by atomic mass is 9.92. The Hall–Kier alpha value is -2.39. The van der Waals surface area contributed by atoms with Crippen LogP contribution in [-0.4, -0.2) is 49.4 Å². The van der Waals surface area contributed by atoms with Crippen LogP contribution in [0.3, 0.4) is 0 Å². The van der Waals surface area contributed by atoms with Gasteiger partial charge >= 0.3 is 6.03 Å². The van der Waals surface area contributed by atoms with Crippen molar-refractivity contribution in [2.45, 2.75) is 12.5 Å². The Labute approximate surface area is 145 Å². The summed E-state index contributed by atoms with van der Waals surface area (Å²) in [6.45, 7) is 2.54. The molecule has 0 unspecified atom stereocenters. The number of hydrogen-bond donors (Lipinski definition) is 3. The van der Waals surface area contributed by atoms with Crippen molar-refractivity contribution in [1.82, 2.24) is 21.1 Å². The molecule has 0 spiro atoms. The van der Waals surface area contributed by atoms with E-state index in [9.17, 15) is 9.59 Å². The third-order valence-corrected chi connectivity index (χ3v) is 3.88. The van der Waals surface area contributed by atoms with E-state index >= 15 is 0 Å². The number of imide groups is 1.